The number of nitrogens with zero attached hydrogens (tertiary/aromatic N) is 3. The first kappa shape index (κ1) is 18.7. The van der Waals surface area contributed by atoms with Gasteiger partial charge in [-0.25, -0.2) is 0 Å². The van der Waals surface area contributed by atoms with E-state index in [0.29, 0.717) is 34.4 Å². The van der Waals surface area contributed by atoms with Crippen LogP contribution < -0.4 is 5.43 Å². The Morgan fingerprint density at radius 1 is 1.14 bits per heavy atom. The van der Waals surface area contributed by atoms with Crippen LogP contribution in [-0.2, 0) is 13.6 Å². The van der Waals surface area contributed by atoms with E-state index in [2.05, 4.69) is 5.10 Å². The zero-order valence-electron chi connectivity index (χ0n) is 16.5. The highest BCUT2D eigenvalue weighted by Gasteiger charge is 2.21. The maximum absolute atomic E-state index is 13.2. The van der Waals surface area contributed by atoms with Crippen LogP contribution in [0.2, 0.25) is 0 Å². The van der Waals surface area contributed by atoms with Crippen molar-refractivity contribution in [1.82, 2.24) is 14.7 Å². The first-order valence-corrected chi connectivity index (χ1v) is 9.30. The monoisotopic (exact) mass is 387 g/mol. The summed E-state index contributed by atoms with van der Waals surface area (Å²) in [4.78, 5) is 27.7. The molecule has 0 bridgehead atoms. The van der Waals surface area contributed by atoms with E-state index in [1.807, 2.05) is 43.6 Å². The molecule has 0 aliphatic heterocycles. The lowest BCUT2D eigenvalue weighted by molar-refractivity contribution is 0.0786. The Hall–Kier alpha value is -3.67. The van der Waals surface area contributed by atoms with E-state index in [4.69, 9.17) is 4.42 Å². The maximum Gasteiger partial charge on any atom is 0.257 e. The van der Waals surface area contributed by atoms with Crippen molar-refractivity contribution in [2.75, 3.05) is 7.05 Å². The minimum absolute atomic E-state index is 0.130. The molecule has 0 aliphatic rings. The van der Waals surface area contributed by atoms with E-state index in [-0.39, 0.29) is 11.3 Å². The van der Waals surface area contributed by atoms with E-state index < -0.39 is 0 Å². The molecule has 2 aromatic carbocycles. The lowest BCUT2D eigenvalue weighted by Crippen LogP contribution is -2.26. The van der Waals surface area contributed by atoms with Gasteiger partial charge in [-0.1, -0.05) is 36.4 Å². The topological polar surface area (TPSA) is 68.3 Å². The van der Waals surface area contributed by atoms with Crippen LogP contribution in [0.25, 0.3) is 22.3 Å². The van der Waals surface area contributed by atoms with Gasteiger partial charge in [0, 0.05) is 43.5 Å². The van der Waals surface area contributed by atoms with Crippen molar-refractivity contribution in [1.29, 1.82) is 0 Å². The summed E-state index contributed by atoms with van der Waals surface area (Å²) in [6.45, 7) is 2.15. The van der Waals surface area contributed by atoms with Crippen molar-refractivity contribution in [3.63, 3.8) is 0 Å². The number of hydrogen-bond acceptors (Lipinski definition) is 4. The van der Waals surface area contributed by atoms with Crippen LogP contribution in [0.15, 0.2) is 70.1 Å². The van der Waals surface area contributed by atoms with Gasteiger partial charge in [0.05, 0.1) is 17.1 Å². The molecule has 2 heterocycles. The molecule has 0 spiro atoms. The summed E-state index contributed by atoms with van der Waals surface area (Å²) in [6.07, 6.45) is 3.59. The Balaban J connectivity index is 1.81. The second-order valence-electron chi connectivity index (χ2n) is 7.12. The first-order chi connectivity index (χ1) is 14.0. The van der Waals surface area contributed by atoms with Gasteiger partial charge >= 0.3 is 0 Å². The normalized spacial score (nSPS) is 11.0. The van der Waals surface area contributed by atoms with Crippen molar-refractivity contribution in [2.45, 2.75) is 13.5 Å². The van der Waals surface area contributed by atoms with Crippen molar-refractivity contribution < 1.29 is 9.21 Å². The van der Waals surface area contributed by atoms with Gasteiger partial charge in [0.2, 0.25) is 0 Å². The second kappa shape index (κ2) is 7.39. The molecule has 0 saturated heterocycles. The fraction of sp³-hybridized carbons (Fsp3) is 0.174. The molecule has 29 heavy (non-hydrogen) atoms. The van der Waals surface area contributed by atoms with E-state index >= 15 is 0 Å². The number of amides is 1. The van der Waals surface area contributed by atoms with Crippen molar-refractivity contribution in [2.24, 2.45) is 7.05 Å². The van der Waals surface area contributed by atoms with Crippen molar-refractivity contribution >= 4 is 16.9 Å². The standard InChI is InChI=1S/C23H21N3O3/c1-15-20(27)18-10-7-11-19(22(18)29-21(15)17-8-5-4-6-9-17)23(28)25(2)13-16-12-24-26(3)14-16/h4-12,14H,13H2,1-3H3. The molecule has 0 unspecified atom stereocenters. The Kier molecular flexibility index (Phi) is 4.76. The Labute approximate surface area is 168 Å². The van der Waals surface area contributed by atoms with E-state index in [1.54, 1.807) is 47.9 Å². The van der Waals surface area contributed by atoms with Crippen LogP contribution in [-0.4, -0.2) is 27.6 Å². The zero-order chi connectivity index (χ0) is 20.5. The number of aryl methyl sites for hydroxylation is 1. The Morgan fingerprint density at radius 2 is 1.90 bits per heavy atom. The number of rotatable bonds is 4. The molecule has 0 atom stereocenters. The fourth-order valence-corrected chi connectivity index (χ4v) is 3.45. The molecule has 4 aromatic rings. The second-order valence-corrected chi connectivity index (χ2v) is 7.12. The number of hydrogen-bond donors (Lipinski definition) is 0. The third-order valence-corrected chi connectivity index (χ3v) is 4.94. The van der Waals surface area contributed by atoms with Gasteiger partial charge < -0.3 is 9.32 Å². The predicted molar refractivity (Wildman–Crippen MR) is 112 cm³/mol. The van der Waals surface area contributed by atoms with E-state index in [0.717, 1.165) is 11.1 Å². The minimum atomic E-state index is -0.217. The van der Waals surface area contributed by atoms with E-state index in [9.17, 15) is 9.59 Å². The third-order valence-electron chi connectivity index (χ3n) is 4.94. The van der Waals surface area contributed by atoms with Gasteiger partial charge in [-0.15, -0.1) is 0 Å². The van der Waals surface area contributed by atoms with Gasteiger partial charge in [0.15, 0.2) is 11.0 Å². The molecule has 6 nitrogen and oxygen atoms in total. The maximum atomic E-state index is 13.2. The van der Waals surface area contributed by atoms with Gasteiger partial charge in [-0.05, 0) is 19.1 Å². The van der Waals surface area contributed by atoms with Gasteiger partial charge in [0.1, 0.15) is 5.76 Å². The highest BCUT2D eigenvalue weighted by atomic mass is 16.3. The summed E-state index contributed by atoms with van der Waals surface area (Å²) in [5.41, 5.74) is 2.79. The van der Waals surface area contributed by atoms with Gasteiger partial charge in [-0.2, -0.15) is 5.10 Å². The average Bonchev–Trinajstić information content (AvgIpc) is 3.14. The van der Waals surface area contributed by atoms with Gasteiger partial charge in [0.25, 0.3) is 5.91 Å². The van der Waals surface area contributed by atoms with Crippen LogP contribution in [0.1, 0.15) is 21.5 Å². The summed E-state index contributed by atoms with van der Waals surface area (Å²) in [5.74, 6) is 0.267. The Morgan fingerprint density at radius 3 is 2.59 bits per heavy atom. The van der Waals surface area contributed by atoms with Crippen LogP contribution in [0.4, 0.5) is 0 Å². The molecule has 146 valence electrons. The van der Waals surface area contributed by atoms with E-state index in [1.165, 1.54) is 0 Å². The van der Waals surface area contributed by atoms with Crippen LogP contribution in [0.5, 0.6) is 0 Å². The average molecular weight is 387 g/mol. The minimum Gasteiger partial charge on any atom is -0.455 e. The molecular weight excluding hydrogens is 366 g/mol. The molecule has 6 heteroatoms. The molecule has 0 radical (unpaired) electrons. The third kappa shape index (κ3) is 3.45. The number of fused-ring (bicyclic) bond motifs is 1. The molecule has 2 aromatic heterocycles. The molecule has 0 saturated carbocycles. The predicted octanol–water partition coefficient (Wildman–Crippen LogP) is 3.77. The molecule has 1 amide bonds. The van der Waals surface area contributed by atoms with Crippen molar-refractivity contribution in [3.8, 4) is 11.3 Å². The summed E-state index contributed by atoms with van der Waals surface area (Å²) < 4.78 is 7.85. The van der Waals surface area contributed by atoms with Crippen LogP contribution in [0.3, 0.4) is 0 Å². The SMILES string of the molecule is Cc1c(-c2ccccc2)oc2c(C(=O)N(C)Cc3cnn(C)c3)cccc2c1=O. The zero-order valence-corrected chi connectivity index (χ0v) is 16.5. The number of para-hydroxylation sites is 1. The highest BCUT2D eigenvalue weighted by Crippen LogP contribution is 2.27. The largest absolute Gasteiger partial charge is 0.455 e. The van der Waals surface area contributed by atoms with Crippen LogP contribution in [0, 0.1) is 6.92 Å². The quantitative estimate of drug-likeness (QED) is 0.534. The Bertz CT molecular complexity index is 1260. The number of benzene rings is 2. The molecule has 0 N–H and O–H groups in total. The molecule has 0 aliphatic carbocycles. The summed E-state index contributed by atoms with van der Waals surface area (Å²) in [6, 6.07) is 14.5. The highest BCUT2D eigenvalue weighted by molar-refractivity contribution is 6.05. The summed E-state index contributed by atoms with van der Waals surface area (Å²) in [5, 5.41) is 4.54. The number of carbonyl (C=O) groups excluding carboxylic acids is 1. The number of aromatic nitrogens is 2. The number of carbonyl (C=O) groups is 1. The lowest BCUT2D eigenvalue weighted by atomic mass is 10.0. The molecular formula is C23H21N3O3. The first-order valence-electron chi connectivity index (χ1n) is 9.30. The molecule has 4 rings (SSSR count). The summed E-state index contributed by atoms with van der Waals surface area (Å²) in [7, 11) is 3.55. The molecule has 0 fully saturated rings. The van der Waals surface area contributed by atoms with Crippen molar-refractivity contribution in [3.05, 3.63) is 87.8 Å². The smallest absolute Gasteiger partial charge is 0.257 e. The summed E-state index contributed by atoms with van der Waals surface area (Å²) >= 11 is 0. The lowest BCUT2D eigenvalue weighted by Gasteiger charge is -2.17. The fourth-order valence-electron chi connectivity index (χ4n) is 3.45. The van der Waals surface area contributed by atoms with Gasteiger partial charge in [-0.3, -0.25) is 14.3 Å². The van der Waals surface area contributed by atoms with Crippen LogP contribution >= 0.6 is 0 Å².